The predicted molar refractivity (Wildman–Crippen MR) is 89.0 cm³/mol. The van der Waals surface area contributed by atoms with Crippen LogP contribution in [-0.2, 0) is 9.59 Å². The maximum atomic E-state index is 12.3. The van der Waals surface area contributed by atoms with Crippen LogP contribution in [0.1, 0.15) is 38.4 Å². The number of nitrogens with one attached hydrogen (secondary N) is 1. The normalized spacial score (nSPS) is 18.3. The molecule has 0 spiro atoms. The smallest absolute Gasteiger partial charge is 0.244 e. The number of hydrogen-bond acceptors (Lipinski definition) is 3. The molecule has 1 aromatic rings. The van der Waals surface area contributed by atoms with Crippen molar-refractivity contribution in [3.8, 4) is 0 Å². The van der Waals surface area contributed by atoms with E-state index in [2.05, 4.69) is 5.32 Å². The minimum Gasteiger partial charge on any atom is -0.388 e. The van der Waals surface area contributed by atoms with Gasteiger partial charge in [-0.1, -0.05) is 23.7 Å². The van der Waals surface area contributed by atoms with Gasteiger partial charge < -0.3 is 15.3 Å². The molecule has 6 heteroatoms. The Balaban J connectivity index is 1.89. The highest BCUT2D eigenvalue weighted by Crippen LogP contribution is 2.31. The third kappa shape index (κ3) is 4.69. The van der Waals surface area contributed by atoms with Gasteiger partial charge in [-0.3, -0.25) is 9.59 Å². The van der Waals surface area contributed by atoms with E-state index in [9.17, 15) is 14.7 Å². The molecule has 0 radical (unpaired) electrons. The zero-order chi connectivity index (χ0) is 17.0. The van der Waals surface area contributed by atoms with Gasteiger partial charge in [-0.25, -0.2) is 0 Å². The maximum Gasteiger partial charge on any atom is 0.244 e. The molecule has 2 amide bonds. The highest BCUT2D eigenvalue weighted by Gasteiger charge is 2.30. The summed E-state index contributed by atoms with van der Waals surface area (Å²) in [6, 6.07) is 6.71. The predicted octanol–water partition coefficient (Wildman–Crippen LogP) is 2.14. The fourth-order valence-corrected chi connectivity index (χ4v) is 3.13. The summed E-state index contributed by atoms with van der Waals surface area (Å²) in [6.07, 6.45) is 0.933. The van der Waals surface area contributed by atoms with Crippen molar-refractivity contribution in [3.63, 3.8) is 0 Å². The zero-order valence-corrected chi connectivity index (χ0v) is 14.2. The highest BCUT2D eigenvalue weighted by atomic mass is 35.5. The molecule has 0 aromatic heterocycles. The molecule has 2 atom stereocenters. The van der Waals surface area contributed by atoms with Crippen molar-refractivity contribution < 1.29 is 14.7 Å². The maximum absolute atomic E-state index is 12.3. The van der Waals surface area contributed by atoms with Gasteiger partial charge in [0.2, 0.25) is 11.8 Å². The van der Waals surface area contributed by atoms with Crippen molar-refractivity contribution in [2.45, 2.75) is 38.8 Å². The highest BCUT2D eigenvalue weighted by molar-refractivity contribution is 6.30. The Hall–Kier alpha value is -1.59. The number of halogens is 1. The summed E-state index contributed by atoms with van der Waals surface area (Å²) in [4.78, 5) is 25.0. The average Bonchev–Trinajstić information content (AvgIpc) is 2.53. The van der Waals surface area contributed by atoms with Crippen molar-refractivity contribution in [2.75, 3.05) is 13.1 Å². The molecule has 0 bridgehead atoms. The van der Waals surface area contributed by atoms with Gasteiger partial charge in [-0.2, -0.15) is 0 Å². The van der Waals surface area contributed by atoms with Crippen LogP contribution in [-0.4, -0.2) is 41.0 Å². The minimum atomic E-state index is -0.544. The molecule has 0 saturated carbocycles. The van der Waals surface area contributed by atoms with Gasteiger partial charge in [0.15, 0.2) is 0 Å². The summed E-state index contributed by atoms with van der Waals surface area (Å²) in [7, 11) is 0. The quantitative estimate of drug-likeness (QED) is 0.883. The first-order valence-electron chi connectivity index (χ1n) is 7.88. The van der Waals surface area contributed by atoms with Crippen molar-refractivity contribution in [2.24, 2.45) is 5.92 Å². The number of amides is 2. The van der Waals surface area contributed by atoms with Crippen molar-refractivity contribution in [1.82, 2.24) is 10.2 Å². The largest absolute Gasteiger partial charge is 0.388 e. The summed E-state index contributed by atoms with van der Waals surface area (Å²) in [5.74, 6) is -0.158. The number of piperidine rings is 1. The number of benzene rings is 1. The zero-order valence-electron chi connectivity index (χ0n) is 13.5. The van der Waals surface area contributed by atoms with Crippen molar-refractivity contribution in [3.05, 3.63) is 34.9 Å². The van der Waals surface area contributed by atoms with Crippen LogP contribution >= 0.6 is 11.6 Å². The van der Waals surface area contributed by atoms with Crippen molar-refractivity contribution >= 4 is 23.4 Å². The first kappa shape index (κ1) is 17.8. The lowest BCUT2D eigenvalue weighted by molar-refractivity contribution is -0.137. The van der Waals surface area contributed by atoms with Crippen LogP contribution in [0, 0.1) is 5.92 Å². The number of hydrogen-bond donors (Lipinski definition) is 2. The van der Waals surface area contributed by atoms with E-state index in [-0.39, 0.29) is 17.7 Å². The van der Waals surface area contributed by atoms with Crippen LogP contribution in [0.3, 0.4) is 0 Å². The SMILES string of the molecule is CC(=O)NC(C)C(=O)N1CCC(C(O)c2ccc(Cl)cc2)CC1. The van der Waals surface area contributed by atoms with Gasteiger partial charge in [0.05, 0.1) is 6.10 Å². The lowest BCUT2D eigenvalue weighted by Crippen LogP contribution is -2.49. The average molecular weight is 339 g/mol. The second kappa shape index (κ2) is 7.79. The van der Waals surface area contributed by atoms with E-state index >= 15 is 0 Å². The lowest BCUT2D eigenvalue weighted by Gasteiger charge is -2.35. The van der Waals surface area contributed by atoms with E-state index in [1.54, 1.807) is 24.0 Å². The first-order valence-corrected chi connectivity index (χ1v) is 8.25. The summed E-state index contributed by atoms with van der Waals surface area (Å²) in [6.45, 7) is 4.28. The molecule has 1 fully saturated rings. The molecule has 1 heterocycles. The Morgan fingerprint density at radius 1 is 1.26 bits per heavy atom. The summed E-state index contributed by atoms with van der Waals surface area (Å²) in [5, 5.41) is 13.7. The first-order chi connectivity index (χ1) is 10.9. The fraction of sp³-hybridized carbons (Fsp3) is 0.529. The van der Waals surface area contributed by atoms with Crippen LogP contribution < -0.4 is 5.32 Å². The molecule has 2 N–H and O–H groups in total. The van der Waals surface area contributed by atoms with E-state index in [1.165, 1.54) is 6.92 Å². The number of carbonyl (C=O) groups excluding carboxylic acids is 2. The molecule has 126 valence electrons. The van der Waals surface area contributed by atoms with E-state index in [1.807, 2.05) is 12.1 Å². The van der Waals surface area contributed by atoms with Crippen LogP contribution in [0.25, 0.3) is 0 Å². The van der Waals surface area contributed by atoms with Gasteiger partial charge in [0.1, 0.15) is 6.04 Å². The summed E-state index contributed by atoms with van der Waals surface area (Å²) >= 11 is 5.87. The summed E-state index contributed by atoms with van der Waals surface area (Å²) in [5.41, 5.74) is 0.853. The second-order valence-corrected chi connectivity index (χ2v) is 6.52. The van der Waals surface area contributed by atoms with Crippen LogP contribution in [0.2, 0.25) is 5.02 Å². The van der Waals surface area contributed by atoms with E-state index in [0.717, 1.165) is 18.4 Å². The molecular formula is C17H23ClN2O3. The number of likely N-dealkylation sites (tertiary alicyclic amines) is 1. The molecule has 0 aliphatic carbocycles. The molecule has 1 aromatic carbocycles. The number of rotatable bonds is 4. The van der Waals surface area contributed by atoms with E-state index in [4.69, 9.17) is 11.6 Å². The molecule has 1 aliphatic rings. The van der Waals surface area contributed by atoms with Crippen LogP contribution in [0.5, 0.6) is 0 Å². The molecule has 5 nitrogen and oxygen atoms in total. The Bertz CT molecular complexity index is 553. The molecule has 2 unspecified atom stereocenters. The van der Waals surface area contributed by atoms with Gasteiger partial charge in [-0.05, 0) is 43.4 Å². The Labute approximate surface area is 141 Å². The van der Waals surface area contributed by atoms with Crippen LogP contribution in [0.15, 0.2) is 24.3 Å². The van der Waals surface area contributed by atoms with E-state index < -0.39 is 12.1 Å². The van der Waals surface area contributed by atoms with Gasteiger partial charge in [-0.15, -0.1) is 0 Å². The molecule has 1 saturated heterocycles. The van der Waals surface area contributed by atoms with Gasteiger partial charge >= 0.3 is 0 Å². The Kier molecular flexibility index (Phi) is 6.02. The van der Waals surface area contributed by atoms with Gasteiger partial charge in [0.25, 0.3) is 0 Å². The van der Waals surface area contributed by atoms with Crippen LogP contribution in [0.4, 0.5) is 0 Å². The lowest BCUT2D eigenvalue weighted by atomic mass is 9.87. The third-order valence-corrected chi connectivity index (χ3v) is 4.55. The molecular weight excluding hydrogens is 316 g/mol. The molecule has 1 aliphatic heterocycles. The molecule has 23 heavy (non-hydrogen) atoms. The minimum absolute atomic E-state index is 0.0698. The van der Waals surface area contributed by atoms with Gasteiger partial charge in [0, 0.05) is 25.0 Å². The fourth-order valence-electron chi connectivity index (χ4n) is 3.01. The standard InChI is InChI=1S/C17H23ClN2O3/c1-11(19-12(2)21)17(23)20-9-7-14(8-10-20)16(22)13-3-5-15(18)6-4-13/h3-6,11,14,16,22H,7-10H2,1-2H3,(H,19,21). The van der Waals surface area contributed by atoms with Crippen molar-refractivity contribution in [1.29, 1.82) is 0 Å². The number of carbonyl (C=O) groups is 2. The number of nitrogens with zero attached hydrogens (tertiary/aromatic N) is 1. The third-order valence-electron chi connectivity index (χ3n) is 4.30. The van der Waals surface area contributed by atoms with E-state index in [0.29, 0.717) is 18.1 Å². The number of aliphatic hydroxyl groups is 1. The monoisotopic (exact) mass is 338 g/mol. The Morgan fingerprint density at radius 3 is 2.35 bits per heavy atom. The second-order valence-electron chi connectivity index (χ2n) is 6.08. The molecule has 2 rings (SSSR count). The Morgan fingerprint density at radius 2 is 1.83 bits per heavy atom. The topological polar surface area (TPSA) is 69.6 Å². The summed E-state index contributed by atoms with van der Waals surface area (Å²) < 4.78 is 0. The number of aliphatic hydroxyl groups excluding tert-OH is 1.